The maximum Gasteiger partial charge on any atom is 0.273 e. The number of hydrogen-bond acceptors (Lipinski definition) is 9. The lowest BCUT2D eigenvalue weighted by atomic mass is 9.98. The van der Waals surface area contributed by atoms with Crippen LogP contribution in [-0.2, 0) is 18.4 Å². The molecule has 0 saturated heterocycles. The van der Waals surface area contributed by atoms with E-state index in [0.29, 0.717) is 23.2 Å². The van der Waals surface area contributed by atoms with Gasteiger partial charge in [-0.15, -0.1) is 10.2 Å². The standard InChI is InChI=1S/C30H28FN7O5S/c1-18-23(5-4-6-25(18)38(41)42)29(40)32-16-27-33-34-30(36(27)2)44-17-28(39)37-26(20-7-11-21(31)12-8-20)15-24(35-37)19-9-13-22(43-3)14-10-19/h4-14,26H,15-17H2,1-3H3,(H,32,40). The number of aromatic nitrogens is 3. The van der Waals surface area contributed by atoms with Crippen molar-refractivity contribution in [3.63, 3.8) is 0 Å². The Morgan fingerprint density at radius 3 is 2.52 bits per heavy atom. The molecule has 1 N–H and O–H groups in total. The van der Waals surface area contributed by atoms with Gasteiger partial charge in [0, 0.05) is 30.7 Å². The van der Waals surface area contributed by atoms with Gasteiger partial charge in [-0.25, -0.2) is 9.40 Å². The summed E-state index contributed by atoms with van der Waals surface area (Å²) in [6, 6.07) is 17.3. The van der Waals surface area contributed by atoms with Crippen molar-refractivity contribution < 1.29 is 23.6 Å². The minimum atomic E-state index is -0.533. The summed E-state index contributed by atoms with van der Waals surface area (Å²) >= 11 is 1.17. The Labute approximate surface area is 256 Å². The number of carbonyl (C=O) groups is 2. The fraction of sp³-hybridized carbons (Fsp3) is 0.233. The highest BCUT2D eigenvalue weighted by molar-refractivity contribution is 7.99. The van der Waals surface area contributed by atoms with E-state index in [1.54, 1.807) is 30.9 Å². The maximum atomic E-state index is 13.7. The van der Waals surface area contributed by atoms with Gasteiger partial charge in [-0.1, -0.05) is 30.0 Å². The Bertz CT molecular complexity index is 1740. The van der Waals surface area contributed by atoms with Crippen molar-refractivity contribution in [1.29, 1.82) is 0 Å². The Balaban J connectivity index is 1.27. The number of nitro groups is 1. The Morgan fingerprint density at radius 2 is 1.84 bits per heavy atom. The molecule has 44 heavy (non-hydrogen) atoms. The molecule has 2 amide bonds. The second-order valence-corrected chi connectivity index (χ2v) is 10.9. The molecule has 0 spiro atoms. The number of halogens is 1. The third-order valence-electron chi connectivity index (χ3n) is 7.25. The molecule has 4 aromatic rings. The van der Waals surface area contributed by atoms with Gasteiger partial charge < -0.3 is 14.6 Å². The van der Waals surface area contributed by atoms with Gasteiger partial charge in [0.05, 0.1) is 36.1 Å². The molecular weight excluding hydrogens is 589 g/mol. The molecule has 0 fully saturated rings. The molecule has 0 radical (unpaired) electrons. The zero-order chi connectivity index (χ0) is 31.4. The summed E-state index contributed by atoms with van der Waals surface area (Å²) < 4.78 is 20.6. The van der Waals surface area contributed by atoms with E-state index in [-0.39, 0.29) is 40.8 Å². The first-order valence-corrected chi connectivity index (χ1v) is 14.5. The lowest BCUT2D eigenvalue weighted by Gasteiger charge is -2.22. The van der Waals surface area contributed by atoms with Crippen LogP contribution in [0, 0.1) is 22.9 Å². The van der Waals surface area contributed by atoms with Gasteiger partial charge in [-0.2, -0.15) is 5.10 Å². The zero-order valence-corrected chi connectivity index (χ0v) is 24.9. The predicted molar refractivity (Wildman–Crippen MR) is 161 cm³/mol. The van der Waals surface area contributed by atoms with Gasteiger partial charge in [0.2, 0.25) is 0 Å². The first kappa shape index (κ1) is 30.4. The van der Waals surface area contributed by atoms with E-state index in [4.69, 9.17) is 4.74 Å². The molecule has 0 bridgehead atoms. The van der Waals surface area contributed by atoms with Gasteiger partial charge in [0.25, 0.3) is 17.5 Å². The molecule has 226 valence electrons. The number of benzene rings is 3. The fourth-order valence-corrected chi connectivity index (χ4v) is 5.56. The zero-order valence-electron chi connectivity index (χ0n) is 24.1. The molecule has 2 heterocycles. The Kier molecular flexibility index (Phi) is 8.99. The van der Waals surface area contributed by atoms with Crippen LogP contribution >= 0.6 is 11.8 Å². The second-order valence-electron chi connectivity index (χ2n) is 9.92. The smallest absolute Gasteiger partial charge is 0.273 e. The average molecular weight is 618 g/mol. The van der Waals surface area contributed by atoms with Crippen LogP contribution in [0.25, 0.3) is 0 Å². The van der Waals surface area contributed by atoms with Crippen molar-refractivity contribution in [3.8, 4) is 5.75 Å². The van der Waals surface area contributed by atoms with Crippen molar-refractivity contribution in [1.82, 2.24) is 25.1 Å². The maximum absolute atomic E-state index is 13.7. The SMILES string of the molecule is COc1ccc(C2=NN(C(=O)CSc3nnc(CNC(=O)c4cccc([N+](=O)[O-])c4C)n3C)C(c3ccc(F)cc3)C2)cc1. The second kappa shape index (κ2) is 13.0. The minimum Gasteiger partial charge on any atom is -0.497 e. The van der Waals surface area contributed by atoms with E-state index in [9.17, 15) is 24.1 Å². The number of rotatable bonds is 10. The highest BCUT2D eigenvalue weighted by Gasteiger charge is 2.33. The quantitative estimate of drug-likeness (QED) is 0.155. The summed E-state index contributed by atoms with van der Waals surface area (Å²) in [7, 11) is 3.30. The molecular formula is C30H28FN7O5S. The number of amides is 2. The van der Waals surface area contributed by atoms with E-state index >= 15 is 0 Å². The Hall–Kier alpha value is -5.11. The van der Waals surface area contributed by atoms with Crippen LogP contribution in [0.4, 0.5) is 10.1 Å². The van der Waals surface area contributed by atoms with Gasteiger partial charge in [-0.3, -0.25) is 19.7 Å². The molecule has 1 atom stereocenters. The van der Waals surface area contributed by atoms with Crippen LogP contribution in [0.1, 0.15) is 45.3 Å². The van der Waals surface area contributed by atoms with Crippen molar-refractivity contribution in [2.75, 3.05) is 12.9 Å². The predicted octanol–water partition coefficient (Wildman–Crippen LogP) is 4.58. The number of hydrogen-bond donors (Lipinski definition) is 1. The number of methoxy groups -OCH3 is 1. The molecule has 5 rings (SSSR count). The number of nitrogens with one attached hydrogen (secondary N) is 1. The molecule has 1 aliphatic rings. The van der Waals surface area contributed by atoms with Gasteiger partial charge in [0.1, 0.15) is 11.6 Å². The largest absolute Gasteiger partial charge is 0.497 e. The fourth-order valence-electron chi connectivity index (χ4n) is 4.78. The topological polar surface area (TPSA) is 145 Å². The van der Waals surface area contributed by atoms with Crippen molar-refractivity contribution in [3.05, 3.63) is 111 Å². The third kappa shape index (κ3) is 6.44. The molecule has 12 nitrogen and oxygen atoms in total. The van der Waals surface area contributed by atoms with E-state index < -0.39 is 16.9 Å². The molecule has 0 aliphatic carbocycles. The van der Waals surface area contributed by atoms with E-state index in [1.807, 2.05) is 24.3 Å². The number of nitrogens with zero attached hydrogens (tertiary/aromatic N) is 6. The number of carbonyl (C=O) groups excluding carboxylic acids is 2. The lowest BCUT2D eigenvalue weighted by molar-refractivity contribution is -0.385. The van der Waals surface area contributed by atoms with Crippen LogP contribution in [0.5, 0.6) is 5.75 Å². The van der Waals surface area contributed by atoms with Crippen LogP contribution in [0.15, 0.2) is 77.0 Å². The molecule has 14 heteroatoms. The highest BCUT2D eigenvalue weighted by Crippen LogP contribution is 2.34. The molecule has 1 aromatic heterocycles. The molecule has 3 aromatic carbocycles. The summed E-state index contributed by atoms with van der Waals surface area (Å²) in [5.74, 6) is 0.0142. The summed E-state index contributed by atoms with van der Waals surface area (Å²) in [6.07, 6.45) is 0.451. The van der Waals surface area contributed by atoms with Crippen LogP contribution < -0.4 is 10.1 Å². The van der Waals surface area contributed by atoms with E-state index in [0.717, 1.165) is 16.8 Å². The van der Waals surface area contributed by atoms with E-state index in [2.05, 4.69) is 20.6 Å². The van der Waals surface area contributed by atoms with Crippen LogP contribution in [0.2, 0.25) is 0 Å². The van der Waals surface area contributed by atoms with E-state index in [1.165, 1.54) is 54.0 Å². The van der Waals surface area contributed by atoms with Crippen LogP contribution in [-0.4, -0.2) is 55.1 Å². The van der Waals surface area contributed by atoms with Crippen LogP contribution in [0.3, 0.4) is 0 Å². The van der Waals surface area contributed by atoms with Crippen molar-refractivity contribution >= 4 is 35.0 Å². The normalized spacial score (nSPS) is 14.3. The minimum absolute atomic E-state index is 0.00228. The number of thioether (sulfide) groups is 1. The number of hydrazone groups is 1. The van der Waals surface area contributed by atoms with Gasteiger partial charge >= 0.3 is 0 Å². The summed E-state index contributed by atoms with van der Waals surface area (Å²) in [5, 5.41) is 28.8. The summed E-state index contributed by atoms with van der Waals surface area (Å²) in [6.45, 7) is 1.54. The lowest BCUT2D eigenvalue weighted by Crippen LogP contribution is -2.28. The molecule has 1 unspecified atom stereocenters. The third-order valence-corrected chi connectivity index (χ3v) is 8.25. The van der Waals surface area contributed by atoms with Crippen molar-refractivity contribution in [2.45, 2.75) is 31.1 Å². The highest BCUT2D eigenvalue weighted by atomic mass is 32.2. The first-order valence-electron chi connectivity index (χ1n) is 13.5. The monoisotopic (exact) mass is 617 g/mol. The Morgan fingerprint density at radius 1 is 1.11 bits per heavy atom. The number of nitro benzene ring substituents is 1. The summed E-state index contributed by atoms with van der Waals surface area (Å²) in [4.78, 5) is 36.9. The number of ether oxygens (including phenoxy) is 1. The van der Waals surface area contributed by atoms with Gasteiger partial charge in [0.15, 0.2) is 11.0 Å². The first-order chi connectivity index (χ1) is 21.2. The molecule has 0 saturated carbocycles. The summed E-state index contributed by atoms with van der Waals surface area (Å²) in [5.41, 5.74) is 2.64. The average Bonchev–Trinajstić information content (AvgIpc) is 3.63. The molecule has 1 aliphatic heterocycles. The van der Waals surface area contributed by atoms with Gasteiger partial charge in [-0.05, 0) is 60.5 Å². The van der Waals surface area contributed by atoms with Crippen molar-refractivity contribution in [2.24, 2.45) is 12.1 Å².